The molecule has 0 amide bonds. The van der Waals surface area contributed by atoms with Gasteiger partial charge in [0.15, 0.2) is 0 Å². The number of methoxy groups -OCH3 is 1. The highest BCUT2D eigenvalue weighted by Crippen LogP contribution is 2.27. The third-order valence-corrected chi connectivity index (χ3v) is 3.33. The standard InChI is InChI=1S/C16H12ClN3O2/c1-22-15(21)11-7-3-5-9-13(11)18-14-10-6-2-4-8-12(10)19-16(17)20-14/h2-9H,1H3,(H,18,19,20). The van der Waals surface area contributed by atoms with Crippen LogP contribution in [0.4, 0.5) is 11.5 Å². The molecule has 3 aromatic rings. The van der Waals surface area contributed by atoms with Gasteiger partial charge in [-0.25, -0.2) is 9.78 Å². The average molecular weight is 314 g/mol. The van der Waals surface area contributed by atoms with E-state index in [2.05, 4.69) is 15.3 Å². The maximum atomic E-state index is 11.8. The highest BCUT2D eigenvalue weighted by molar-refractivity contribution is 6.28. The van der Waals surface area contributed by atoms with Gasteiger partial charge in [-0.05, 0) is 35.9 Å². The van der Waals surface area contributed by atoms with Crippen LogP contribution in [0.2, 0.25) is 5.28 Å². The Balaban J connectivity index is 2.10. The summed E-state index contributed by atoms with van der Waals surface area (Å²) in [7, 11) is 1.34. The number of hydrogen-bond acceptors (Lipinski definition) is 5. The lowest BCUT2D eigenvalue weighted by molar-refractivity contribution is 0.0602. The summed E-state index contributed by atoms with van der Waals surface area (Å²) in [6.07, 6.45) is 0. The van der Waals surface area contributed by atoms with E-state index in [9.17, 15) is 4.79 Å². The van der Waals surface area contributed by atoms with Gasteiger partial charge < -0.3 is 10.1 Å². The number of halogens is 1. The molecular weight excluding hydrogens is 302 g/mol. The van der Waals surface area contributed by atoms with Crippen LogP contribution in [-0.4, -0.2) is 23.0 Å². The molecule has 6 heteroatoms. The van der Waals surface area contributed by atoms with Crippen molar-refractivity contribution in [1.29, 1.82) is 0 Å². The third kappa shape index (κ3) is 2.71. The number of nitrogens with zero attached hydrogens (tertiary/aromatic N) is 2. The van der Waals surface area contributed by atoms with Crippen LogP contribution in [0.15, 0.2) is 48.5 Å². The minimum absolute atomic E-state index is 0.136. The summed E-state index contributed by atoms with van der Waals surface area (Å²) in [5.74, 6) is 0.111. The van der Waals surface area contributed by atoms with Crippen LogP contribution in [0.5, 0.6) is 0 Å². The van der Waals surface area contributed by atoms with Crippen LogP contribution < -0.4 is 5.32 Å². The second-order valence-electron chi connectivity index (χ2n) is 4.52. The number of aromatic nitrogens is 2. The Labute approximate surface area is 131 Å². The number of rotatable bonds is 3. The van der Waals surface area contributed by atoms with Gasteiger partial charge in [-0.15, -0.1) is 0 Å². The Morgan fingerprint density at radius 1 is 1.09 bits per heavy atom. The van der Waals surface area contributed by atoms with Gasteiger partial charge >= 0.3 is 5.97 Å². The Morgan fingerprint density at radius 2 is 1.82 bits per heavy atom. The third-order valence-electron chi connectivity index (χ3n) is 3.16. The van der Waals surface area contributed by atoms with Gasteiger partial charge in [-0.2, -0.15) is 4.98 Å². The minimum Gasteiger partial charge on any atom is -0.465 e. The Kier molecular flexibility index (Phi) is 3.89. The summed E-state index contributed by atoms with van der Waals surface area (Å²) in [6.45, 7) is 0. The Hall–Kier alpha value is -2.66. The highest BCUT2D eigenvalue weighted by Gasteiger charge is 2.13. The van der Waals surface area contributed by atoms with Crippen molar-refractivity contribution in [1.82, 2.24) is 9.97 Å². The van der Waals surface area contributed by atoms with E-state index in [-0.39, 0.29) is 5.28 Å². The molecule has 0 unspecified atom stereocenters. The molecular formula is C16H12ClN3O2. The lowest BCUT2D eigenvalue weighted by Gasteiger charge is -2.12. The van der Waals surface area contributed by atoms with Crippen LogP contribution in [0.1, 0.15) is 10.4 Å². The number of esters is 1. The number of carbonyl (C=O) groups is 1. The van der Waals surface area contributed by atoms with Crippen molar-refractivity contribution in [2.75, 3.05) is 12.4 Å². The molecule has 1 aromatic heterocycles. The number of nitrogens with one attached hydrogen (secondary N) is 1. The molecule has 2 aromatic carbocycles. The summed E-state index contributed by atoms with van der Waals surface area (Å²) in [4.78, 5) is 20.2. The summed E-state index contributed by atoms with van der Waals surface area (Å²) in [5, 5.41) is 4.08. The fraction of sp³-hybridized carbons (Fsp3) is 0.0625. The topological polar surface area (TPSA) is 64.1 Å². The molecule has 0 radical (unpaired) electrons. The van der Waals surface area contributed by atoms with Gasteiger partial charge in [-0.3, -0.25) is 0 Å². The van der Waals surface area contributed by atoms with Crippen LogP contribution >= 0.6 is 11.6 Å². The predicted octanol–water partition coefficient (Wildman–Crippen LogP) is 3.81. The normalized spacial score (nSPS) is 10.5. The lowest BCUT2D eigenvalue weighted by Crippen LogP contribution is -2.06. The van der Waals surface area contributed by atoms with E-state index in [1.807, 2.05) is 30.3 Å². The van der Waals surface area contributed by atoms with E-state index in [1.54, 1.807) is 18.2 Å². The van der Waals surface area contributed by atoms with Crippen molar-refractivity contribution in [3.63, 3.8) is 0 Å². The molecule has 0 aliphatic rings. The molecule has 0 saturated carbocycles. The zero-order valence-corrected chi connectivity index (χ0v) is 12.5. The van der Waals surface area contributed by atoms with Crippen LogP contribution in [0.3, 0.4) is 0 Å². The van der Waals surface area contributed by atoms with Crippen molar-refractivity contribution >= 4 is 40.0 Å². The molecule has 1 N–H and O–H groups in total. The van der Waals surface area contributed by atoms with E-state index in [0.29, 0.717) is 17.1 Å². The van der Waals surface area contributed by atoms with E-state index in [1.165, 1.54) is 7.11 Å². The molecule has 0 bridgehead atoms. The molecule has 0 fully saturated rings. The quantitative estimate of drug-likeness (QED) is 0.588. The average Bonchev–Trinajstić information content (AvgIpc) is 2.54. The zero-order chi connectivity index (χ0) is 15.5. The van der Waals surface area contributed by atoms with Crippen molar-refractivity contribution in [3.8, 4) is 0 Å². The van der Waals surface area contributed by atoms with Gasteiger partial charge in [0.1, 0.15) is 5.82 Å². The second kappa shape index (κ2) is 5.99. The number of carbonyl (C=O) groups excluding carboxylic acids is 1. The number of fused-ring (bicyclic) bond motifs is 1. The number of para-hydroxylation sites is 2. The SMILES string of the molecule is COC(=O)c1ccccc1Nc1nc(Cl)nc2ccccc12. The van der Waals surface area contributed by atoms with Gasteiger partial charge in [0.05, 0.1) is 23.9 Å². The van der Waals surface area contributed by atoms with Crippen molar-refractivity contribution in [2.45, 2.75) is 0 Å². The minimum atomic E-state index is -0.424. The highest BCUT2D eigenvalue weighted by atomic mass is 35.5. The van der Waals surface area contributed by atoms with Crippen molar-refractivity contribution in [2.24, 2.45) is 0 Å². The molecule has 0 aliphatic heterocycles. The Bertz CT molecular complexity index is 852. The number of hydrogen-bond donors (Lipinski definition) is 1. The monoisotopic (exact) mass is 313 g/mol. The fourth-order valence-corrected chi connectivity index (χ4v) is 2.33. The van der Waals surface area contributed by atoms with Crippen LogP contribution in [0, 0.1) is 0 Å². The summed E-state index contributed by atoms with van der Waals surface area (Å²) in [5.41, 5.74) is 1.73. The van der Waals surface area contributed by atoms with Gasteiger partial charge in [-0.1, -0.05) is 24.3 Å². The smallest absolute Gasteiger partial charge is 0.339 e. The molecule has 3 rings (SSSR count). The molecule has 0 atom stereocenters. The van der Waals surface area contributed by atoms with Gasteiger partial charge in [0, 0.05) is 5.39 Å². The first-order valence-electron chi connectivity index (χ1n) is 6.55. The van der Waals surface area contributed by atoms with Gasteiger partial charge in [0.25, 0.3) is 0 Å². The molecule has 0 saturated heterocycles. The summed E-state index contributed by atoms with van der Waals surface area (Å²) < 4.78 is 4.79. The van der Waals surface area contributed by atoms with Gasteiger partial charge in [0.2, 0.25) is 5.28 Å². The van der Waals surface area contributed by atoms with Crippen LogP contribution in [-0.2, 0) is 4.74 Å². The molecule has 0 aliphatic carbocycles. The zero-order valence-electron chi connectivity index (χ0n) is 11.7. The van der Waals surface area contributed by atoms with E-state index in [4.69, 9.17) is 16.3 Å². The van der Waals surface area contributed by atoms with Crippen molar-refractivity contribution < 1.29 is 9.53 Å². The van der Waals surface area contributed by atoms with E-state index >= 15 is 0 Å². The lowest BCUT2D eigenvalue weighted by atomic mass is 10.1. The number of ether oxygens (including phenoxy) is 1. The second-order valence-corrected chi connectivity index (χ2v) is 4.86. The maximum absolute atomic E-state index is 11.8. The summed E-state index contributed by atoms with van der Waals surface area (Å²) >= 11 is 5.97. The molecule has 110 valence electrons. The first kappa shape index (κ1) is 14.3. The molecule has 5 nitrogen and oxygen atoms in total. The molecule has 22 heavy (non-hydrogen) atoms. The number of benzene rings is 2. The maximum Gasteiger partial charge on any atom is 0.339 e. The summed E-state index contributed by atoms with van der Waals surface area (Å²) in [6, 6.07) is 14.5. The Morgan fingerprint density at radius 3 is 2.64 bits per heavy atom. The van der Waals surface area contributed by atoms with Crippen molar-refractivity contribution in [3.05, 3.63) is 59.4 Å². The predicted molar refractivity (Wildman–Crippen MR) is 85.6 cm³/mol. The number of anilines is 2. The first-order valence-corrected chi connectivity index (χ1v) is 6.93. The fourth-order valence-electron chi connectivity index (χ4n) is 2.15. The first-order chi connectivity index (χ1) is 10.7. The van der Waals surface area contributed by atoms with E-state index in [0.717, 1.165) is 10.9 Å². The largest absolute Gasteiger partial charge is 0.465 e. The molecule has 1 heterocycles. The van der Waals surface area contributed by atoms with Crippen LogP contribution in [0.25, 0.3) is 10.9 Å². The molecule has 0 spiro atoms. The van der Waals surface area contributed by atoms with E-state index < -0.39 is 5.97 Å².